The molecule has 252 valence electrons. The SMILES string of the molecule is CC(C)CCC[C@@H](C)[C@H]1CC[C@H]2[C@@H]3CC=C4CC(C(=O)On5ccc(COCC[N+](C)(C)C)cc5=S)CC[C@]4(C)[C@H]3CC[C@]12C. The third-order valence-electron chi connectivity index (χ3n) is 13.0. The van der Waals surface area contributed by atoms with Crippen LogP contribution in [0.1, 0.15) is 111 Å². The number of carbonyl (C=O) groups excluding carboxylic acids is 1. The zero-order valence-corrected chi connectivity index (χ0v) is 30.6. The van der Waals surface area contributed by atoms with E-state index in [1.807, 2.05) is 12.1 Å². The normalized spacial score (nSPS) is 33.6. The maximum atomic E-state index is 13.4. The highest BCUT2D eigenvalue weighted by Crippen LogP contribution is 2.67. The zero-order chi connectivity index (χ0) is 32.6. The molecule has 45 heavy (non-hydrogen) atoms. The van der Waals surface area contributed by atoms with Crippen molar-refractivity contribution in [1.82, 2.24) is 4.73 Å². The molecule has 3 fully saturated rings. The quantitative estimate of drug-likeness (QED) is 0.0990. The van der Waals surface area contributed by atoms with Crippen molar-refractivity contribution in [2.75, 3.05) is 34.3 Å². The van der Waals surface area contributed by atoms with Crippen LogP contribution in [0.3, 0.4) is 0 Å². The molecule has 0 N–H and O–H groups in total. The molecule has 4 aliphatic rings. The molecular formula is C39H63N2O3S+. The molecule has 3 saturated carbocycles. The van der Waals surface area contributed by atoms with E-state index in [0.717, 1.165) is 71.4 Å². The van der Waals surface area contributed by atoms with Crippen LogP contribution in [0.4, 0.5) is 0 Å². The molecule has 1 aromatic rings. The number of nitrogens with zero attached hydrogens (tertiary/aromatic N) is 2. The first kappa shape index (κ1) is 34.8. The number of carbonyl (C=O) groups is 1. The first-order chi connectivity index (χ1) is 21.2. The zero-order valence-electron chi connectivity index (χ0n) is 29.8. The van der Waals surface area contributed by atoms with Crippen LogP contribution >= 0.6 is 12.2 Å². The van der Waals surface area contributed by atoms with Gasteiger partial charge in [-0.1, -0.05) is 77.7 Å². The van der Waals surface area contributed by atoms with Crippen LogP contribution in [0.5, 0.6) is 0 Å². The second-order valence-corrected chi connectivity index (χ2v) is 17.8. The van der Waals surface area contributed by atoms with Crippen LogP contribution in [-0.4, -0.2) is 49.5 Å². The molecule has 0 aliphatic heterocycles. The number of rotatable bonds is 12. The predicted molar refractivity (Wildman–Crippen MR) is 186 cm³/mol. The number of fused-ring (bicyclic) bond motifs is 5. The van der Waals surface area contributed by atoms with Gasteiger partial charge >= 0.3 is 5.97 Å². The summed E-state index contributed by atoms with van der Waals surface area (Å²) in [5.41, 5.74) is 3.27. The summed E-state index contributed by atoms with van der Waals surface area (Å²) < 4.78 is 8.69. The summed E-state index contributed by atoms with van der Waals surface area (Å²) in [7, 11) is 6.47. The van der Waals surface area contributed by atoms with Gasteiger partial charge < -0.3 is 14.1 Å². The van der Waals surface area contributed by atoms with Crippen molar-refractivity contribution in [3.63, 3.8) is 0 Å². The van der Waals surface area contributed by atoms with Gasteiger partial charge in [0.15, 0.2) is 0 Å². The maximum Gasteiger partial charge on any atom is 0.336 e. The summed E-state index contributed by atoms with van der Waals surface area (Å²) in [6.45, 7) is 14.7. The first-order valence-electron chi connectivity index (χ1n) is 18.2. The molecule has 0 aromatic carbocycles. The summed E-state index contributed by atoms with van der Waals surface area (Å²) in [5, 5.41) is 0. The number of quaternary nitrogens is 1. The molecule has 0 amide bonds. The second kappa shape index (κ2) is 13.9. The van der Waals surface area contributed by atoms with Gasteiger partial charge in [-0.15, -0.1) is 0 Å². The van der Waals surface area contributed by atoms with Gasteiger partial charge in [0, 0.05) is 6.20 Å². The van der Waals surface area contributed by atoms with Crippen molar-refractivity contribution in [2.45, 2.75) is 112 Å². The monoisotopic (exact) mass is 639 g/mol. The van der Waals surface area contributed by atoms with Crippen molar-refractivity contribution in [1.29, 1.82) is 0 Å². The number of aromatic nitrogens is 1. The minimum absolute atomic E-state index is 0.0993. The second-order valence-electron chi connectivity index (χ2n) is 17.4. The number of hydrogen-bond donors (Lipinski definition) is 0. The fraction of sp³-hybridized carbons (Fsp3) is 0.795. The van der Waals surface area contributed by atoms with Gasteiger partial charge in [-0.3, -0.25) is 0 Å². The summed E-state index contributed by atoms with van der Waals surface area (Å²) in [6, 6.07) is 3.82. The van der Waals surface area contributed by atoms with Crippen molar-refractivity contribution >= 4 is 18.2 Å². The summed E-state index contributed by atoms with van der Waals surface area (Å²) in [6.07, 6.45) is 18.1. The van der Waals surface area contributed by atoms with E-state index in [-0.39, 0.29) is 17.3 Å². The van der Waals surface area contributed by atoms with E-state index in [1.54, 1.807) is 6.20 Å². The largest absolute Gasteiger partial charge is 0.371 e. The molecular weight excluding hydrogens is 577 g/mol. The summed E-state index contributed by atoms with van der Waals surface area (Å²) >= 11 is 5.59. The number of allylic oxidation sites excluding steroid dienone is 2. The molecule has 1 unspecified atom stereocenters. The minimum Gasteiger partial charge on any atom is -0.371 e. The highest BCUT2D eigenvalue weighted by molar-refractivity contribution is 7.71. The first-order valence-corrected chi connectivity index (χ1v) is 18.6. The van der Waals surface area contributed by atoms with Crippen molar-refractivity contribution in [2.24, 2.45) is 52.3 Å². The molecule has 8 atom stereocenters. The van der Waals surface area contributed by atoms with Crippen molar-refractivity contribution in [3.8, 4) is 0 Å². The lowest BCUT2D eigenvalue weighted by Crippen LogP contribution is -2.51. The third-order valence-corrected chi connectivity index (χ3v) is 13.2. The van der Waals surface area contributed by atoms with Crippen LogP contribution < -0.4 is 4.84 Å². The van der Waals surface area contributed by atoms with Crippen LogP contribution in [0.25, 0.3) is 0 Å². The van der Waals surface area contributed by atoms with E-state index in [9.17, 15) is 4.79 Å². The van der Waals surface area contributed by atoms with Gasteiger partial charge in [-0.2, -0.15) is 4.73 Å². The van der Waals surface area contributed by atoms with Gasteiger partial charge in [0.1, 0.15) is 11.2 Å². The van der Waals surface area contributed by atoms with Gasteiger partial charge in [-0.05, 0) is 115 Å². The lowest BCUT2D eigenvalue weighted by Gasteiger charge is -2.58. The molecule has 0 radical (unpaired) electrons. The Kier molecular flexibility index (Phi) is 10.8. The Bertz CT molecular complexity index is 1280. The Balaban J connectivity index is 1.18. The van der Waals surface area contributed by atoms with E-state index >= 15 is 0 Å². The van der Waals surface area contributed by atoms with Crippen LogP contribution in [0, 0.1) is 56.9 Å². The maximum absolute atomic E-state index is 13.4. The van der Waals surface area contributed by atoms with E-state index < -0.39 is 0 Å². The van der Waals surface area contributed by atoms with Gasteiger partial charge in [0.2, 0.25) is 0 Å². The van der Waals surface area contributed by atoms with Crippen molar-refractivity contribution < 1.29 is 18.9 Å². The van der Waals surface area contributed by atoms with Gasteiger partial charge in [-0.25, -0.2) is 4.79 Å². The predicted octanol–water partition coefficient (Wildman–Crippen LogP) is 9.05. The van der Waals surface area contributed by atoms with Crippen LogP contribution in [0.2, 0.25) is 0 Å². The Hall–Kier alpha value is -1.50. The minimum atomic E-state index is -0.149. The highest BCUT2D eigenvalue weighted by atomic mass is 32.1. The molecule has 0 saturated heterocycles. The Labute approximate surface area is 279 Å². The Morgan fingerprint density at radius 2 is 1.84 bits per heavy atom. The van der Waals surface area contributed by atoms with E-state index in [2.05, 4.69) is 61.8 Å². The third kappa shape index (κ3) is 7.64. The molecule has 1 aromatic heterocycles. The van der Waals surface area contributed by atoms with Gasteiger partial charge in [0.05, 0.1) is 40.3 Å². The molecule has 4 aliphatic carbocycles. The standard InChI is InChI=1S/C39H63N2O3S/c1-27(2)10-9-11-28(3)33-14-15-34-32-13-12-31-25-30(16-19-38(31,4)35(32)17-20-39(33,34)5)37(42)44-40-21-18-29(24-36(40)45)26-43-23-22-41(6,7)8/h12,18,21,24,27-28,30,32-35H,9-11,13-17,19-20,22-23,25-26H2,1-8H3/q+1/t28-,30?,32+,33-,34+,35+,38+,39-/m1/s1. The molecule has 1 heterocycles. The van der Waals surface area contributed by atoms with Crippen LogP contribution in [0.15, 0.2) is 30.0 Å². The fourth-order valence-corrected chi connectivity index (χ4v) is 10.5. The molecule has 5 nitrogen and oxygen atoms in total. The molecule has 0 spiro atoms. The molecule has 6 heteroatoms. The van der Waals surface area contributed by atoms with E-state index in [4.69, 9.17) is 21.8 Å². The summed E-state index contributed by atoms with van der Waals surface area (Å²) in [5.74, 6) is 4.73. The van der Waals surface area contributed by atoms with E-state index in [0.29, 0.717) is 23.3 Å². The molecule has 0 bridgehead atoms. The Morgan fingerprint density at radius 3 is 2.56 bits per heavy atom. The topological polar surface area (TPSA) is 40.5 Å². The van der Waals surface area contributed by atoms with E-state index in [1.165, 1.54) is 61.7 Å². The summed E-state index contributed by atoms with van der Waals surface area (Å²) in [4.78, 5) is 19.3. The lowest BCUT2D eigenvalue weighted by atomic mass is 9.46. The molecule has 5 rings (SSSR count). The number of likely N-dealkylation sites (N-methyl/N-ethyl adjacent to an activating group) is 1. The van der Waals surface area contributed by atoms with Gasteiger partial charge in [0.25, 0.3) is 0 Å². The number of ether oxygens (including phenoxy) is 1. The highest BCUT2D eigenvalue weighted by Gasteiger charge is 2.59. The number of hydrogen-bond acceptors (Lipinski definition) is 4. The average Bonchev–Trinajstić information content (AvgIpc) is 3.33. The fourth-order valence-electron chi connectivity index (χ4n) is 10.3. The van der Waals surface area contributed by atoms with Crippen molar-refractivity contribution in [3.05, 3.63) is 40.2 Å². The Morgan fingerprint density at radius 1 is 1.07 bits per heavy atom. The smallest absolute Gasteiger partial charge is 0.336 e. The number of pyridine rings is 1. The average molecular weight is 640 g/mol. The lowest BCUT2D eigenvalue weighted by molar-refractivity contribution is -0.870. The van der Waals surface area contributed by atoms with Crippen LogP contribution in [-0.2, 0) is 16.1 Å².